The lowest BCUT2D eigenvalue weighted by Gasteiger charge is -2.25. The number of nitriles is 3. The number of fused-ring (bicyclic) bond motifs is 9. The predicted octanol–water partition coefficient (Wildman–Crippen LogP) is 10.8. The number of pyridine rings is 3. The van der Waals surface area contributed by atoms with Crippen molar-refractivity contribution in [2.45, 2.75) is 133 Å². The van der Waals surface area contributed by atoms with E-state index in [1.165, 1.54) is 58.9 Å². The van der Waals surface area contributed by atoms with Crippen LogP contribution in [0.5, 0.6) is 34.5 Å². The molecule has 6 aliphatic heterocycles. The van der Waals surface area contributed by atoms with Crippen LogP contribution in [0.3, 0.4) is 0 Å². The van der Waals surface area contributed by atoms with Crippen molar-refractivity contribution < 1.29 is 71.1 Å². The molecule has 9 aromatic heterocycles. The summed E-state index contributed by atoms with van der Waals surface area (Å²) >= 11 is 19.0. The fourth-order valence-corrected chi connectivity index (χ4v) is 15.4. The Morgan fingerprint density at radius 1 is 0.405 bits per heavy atom. The second-order valence-corrected chi connectivity index (χ2v) is 29.0. The Morgan fingerprint density at radius 2 is 0.730 bits per heavy atom. The number of benzene rings is 3. The lowest BCUT2D eigenvalue weighted by Crippen LogP contribution is -2.34. The van der Waals surface area contributed by atoms with Gasteiger partial charge in [-0.2, -0.15) is 15.8 Å². The topological polar surface area (TPSA) is 419 Å². The Labute approximate surface area is 646 Å². The van der Waals surface area contributed by atoms with E-state index >= 15 is 0 Å². The highest BCUT2D eigenvalue weighted by atomic mass is 35.5. The molecule has 570 valence electrons. The van der Waals surface area contributed by atoms with E-state index in [0.29, 0.717) is 128 Å². The number of nitrogens with two attached hydrogens (primary N) is 3. The zero-order valence-electron chi connectivity index (χ0n) is 60.6. The predicted molar refractivity (Wildman–Crippen MR) is 400 cm³/mol. The molecule has 0 amide bonds. The number of halogens is 3. The van der Waals surface area contributed by atoms with Crippen molar-refractivity contribution in [1.29, 1.82) is 15.8 Å². The average Bonchev–Trinajstić information content (AvgIpc) is 1.60. The van der Waals surface area contributed by atoms with Gasteiger partial charge in [0.05, 0.1) is 86.5 Å². The van der Waals surface area contributed by atoms with E-state index in [0.717, 1.165) is 10.8 Å². The van der Waals surface area contributed by atoms with Gasteiger partial charge < -0.3 is 102 Å². The molecule has 0 radical (unpaired) electrons. The molecule has 0 saturated carbocycles. The maximum atomic E-state index is 9.26. The monoisotopic (exact) mass is 1570 g/mol. The molecule has 36 heteroatoms. The largest absolute Gasteiger partial charge is 0.493 e. The summed E-state index contributed by atoms with van der Waals surface area (Å²) in [4.78, 5) is 38.4. The third-order valence-corrected chi connectivity index (χ3v) is 20.8. The number of hydrogen-bond acceptors (Lipinski definition) is 30. The quantitative estimate of drug-likeness (QED) is 0.0803. The molecule has 111 heavy (non-hydrogen) atoms. The van der Waals surface area contributed by atoms with Gasteiger partial charge in [0.15, 0.2) is 70.5 Å². The lowest BCUT2D eigenvalue weighted by molar-refractivity contribution is -0.199. The van der Waals surface area contributed by atoms with E-state index in [9.17, 15) is 15.8 Å². The Hall–Kier alpha value is -11.1. The summed E-state index contributed by atoms with van der Waals surface area (Å²) in [7, 11) is 4.59. The van der Waals surface area contributed by atoms with Gasteiger partial charge in [0.1, 0.15) is 146 Å². The molecule has 12 atom stereocenters. The maximum absolute atomic E-state index is 9.26. The minimum absolute atomic E-state index is 0.151. The molecule has 0 spiro atoms. The first-order valence-corrected chi connectivity index (χ1v) is 35.8. The van der Waals surface area contributed by atoms with Crippen molar-refractivity contribution in [3.05, 3.63) is 143 Å². The van der Waals surface area contributed by atoms with E-state index < -0.39 is 91.0 Å². The van der Waals surface area contributed by atoms with Crippen LogP contribution in [0.2, 0.25) is 15.2 Å². The smallest absolute Gasteiger partial charge is 0.164 e. The van der Waals surface area contributed by atoms with Gasteiger partial charge in [-0.15, -0.1) is 0 Å². The molecule has 0 aliphatic carbocycles. The molecule has 6 aliphatic rings. The second kappa shape index (κ2) is 29.0. The Morgan fingerprint density at radius 3 is 1.10 bits per heavy atom. The number of nitrogens with zero attached hydrogens (tertiary/aromatic N) is 15. The van der Waals surface area contributed by atoms with Crippen LogP contribution in [0.1, 0.15) is 76.9 Å². The van der Waals surface area contributed by atoms with Crippen molar-refractivity contribution in [1.82, 2.24) is 58.6 Å². The summed E-state index contributed by atoms with van der Waals surface area (Å²) < 4.78 is 97.4. The molecule has 18 rings (SSSR count). The summed E-state index contributed by atoms with van der Waals surface area (Å²) in [5, 5.41) is 32.7. The molecule has 33 nitrogen and oxygen atoms in total. The molecule has 0 bridgehead atoms. The van der Waals surface area contributed by atoms with Gasteiger partial charge in [-0.05, 0) is 77.9 Å². The summed E-state index contributed by atoms with van der Waals surface area (Å²) in [6.07, 6.45) is 8.75. The fourth-order valence-electron chi connectivity index (χ4n) is 14.7. The minimum Gasteiger partial charge on any atom is -0.493 e. The summed E-state index contributed by atoms with van der Waals surface area (Å²) in [6.45, 7) is 11.7. The van der Waals surface area contributed by atoms with E-state index in [2.05, 4.69) is 44.9 Å². The van der Waals surface area contributed by atoms with Gasteiger partial charge in [-0.25, -0.2) is 29.9 Å². The van der Waals surface area contributed by atoms with Crippen LogP contribution < -0.4 is 45.6 Å². The van der Waals surface area contributed by atoms with Crippen LogP contribution >= 0.6 is 34.8 Å². The second-order valence-electron chi connectivity index (χ2n) is 27.8. The Bertz CT molecular complexity index is 5260. The van der Waals surface area contributed by atoms with Crippen molar-refractivity contribution in [2.75, 3.05) is 58.4 Å². The van der Waals surface area contributed by atoms with E-state index in [1.807, 2.05) is 110 Å². The van der Waals surface area contributed by atoms with Gasteiger partial charge in [0.25, 0.3) is 0 Å². The highest BCUT2D eigenvalue weighted by Crippen LogP contribution is 2.50. The van der Waals surface area contributed by atoms with Crippen molar-refractivity contribution in [3.8, 4) is 52.7 Å². The SMILES string of the molecule is COc1cc2c(Cl)c(C#N)cnc2cc1OC[C@H]1O[C@@H](n2ccc3c(Cl)ncnc32)[C@@H]2OC(C)(C)O[C@@H]21.COc1cc2c(Cl)c(C#N)cnc2cc1OC[C@H]1O[C@@H](n2ccc3c(N)ncnc32)[C@@H]2OC(C)(C)O[C@@H]21.COc1cc2c(N)c(C#N)cnc2cc1OC[C@H]1O[C@@H](n2ccc3c(N)ncnc32)[C@@H]2OC(C)(C)O[C@@H]21. The third-order valence-electron chi connectivity index (χ3n) is 19.7. The number of hydrogen-bond donors (Lipinski definition) is 3. The molecular formula is C75H69Cl3N18O15. The Kier molecular flexibility index (Phi) is 19.3. The maximum Gasteiger partial charge on any atom is 0.164 e. The van der Waals surface area contributed by atoms with Crippen LogP contribution in [-0.2, 0) is 42.6 Å². The van der Waals surface area contributed by atoms with Crippen molar-refractivity contribution >= 4 is 118 Å². The average molecular weight is 1570 g/mol. The molecule has 12 aromatic rings. The molecule has 0 unspecified atom stereocenters. The van der Waals surface area contributed by atoms with E-state index in [1.54, 1.807) is 36.4 Å². The zero-order valence-corrected chi connectivity index (χ0v) is 62.9. The Balaban J connectivity index is 0.000000126. The molecule has 6 saturated heterocycles. The summed E-state index contributed by atoms with van der Waals surface area (Å²) in [6, 6.07) is 21.9. The molecule has 3 aromatic carbocycles. The summed E-state index contributed by atoms with van der Waals surface area (Å²) in [5.74, 6) is 1.10. The molecule has 6 fully saturated rings. The first-order chi connectivity index (χ1) is 53.4. The van der Waals surface area contributed by atoms with Crippen LogP contribution in [0.4, 0.5) is 17.3 Å². The standard InChI is InChI=1S/C25H21Cl2N5O5.C25H23ClN6O5.C25H25N7O5/c1-25(2)36-20-18(35-24(21(20)37-25)32-5-4-13-22(27)30-11-31-23(13)32)10-34-17-7-15-14(6-16(17)33-3)19(26)12(8-28)9-29-15;1-25(2)36-20-18(35-24(21(20)37-25)32-5-4-13-22(28)30-11-31-23(13)32)10-34-17-7-15-14(6-16(17)33-3)19(26)12(8-27)9-29-15;1-25(2)36-20-18(35-24(21(20)37-25)32-5-4-13-22(28)30-11-31-23(13)32)10-34-17-7-15-14(6-16(17)33-3)19(27)12(8-26)9-29-15/h4-7,9,11,18,20-21,24H,10H2,1-3H3;4-7,9,11,18,20-21,24H,10H2,1-3H3,(H2,28,30,31);4-7,9,11,18,20-21,24H,10H2,1-3H3,(H2,27,29)(H2,28,30,31)/t3*18-,20-,21-,24-/m111/s1. The number of aromatic nitrogens is 12. The number of methoxy groups -OCH3 is 3. The number of rotatable bonds is 15. The highest BCUT2D eigenvalue weighted by Gasteiger charge is 2.59. The van der Waals surface area contributed by atoms with Crippen molar-refractivity contribution in [2.24, 2.45) is 0 Å². The lowest BCUT2D eigenvalue weighted by atomic mass is 10.1. The summed E-state index contributed by atoms with van der Waals surface area (Å²) in [5.41, 5.74) is 23.0. The number of nitrogen functional groups attached to an aromatic ring is 3. The van der Waals surface area contributed by atoms with Gasteiger partial charge in [-0.3, -0.25) is 15.0 Å². The van der Waals surface area contributed by atoms with Crippen LogP contribution in [0.15, 0.2) is 111 Å². The van der Waals surface area contributed by atoms with Crippen LogP contribution in [0, 0.1) is 34.0 Å². The first-order valence-electron chi connectivity index (χ1n) is 34.7. The number of ether oxygens (including phenoxy) is 15. The minimum atomic E-state index is -0.801. The van der Waals surface area contributed by atoms with E-state index in [4.69, 9.17) is 123 Å². The molecule has 6 N–H and O–H groups in total. The first kappa shape index (κ1) is 74.0. The van der Waals surface area contributed by atoms with Crippen LogP contribution in [-0.4, -0.2) is 172 Å². The normalized spacial score (nSPS) is 24.3. The molecular weight excluding hydrogens is 1500 g/mol. The van der Waals surface area contributed by atoms with Crippen molar-refractivity contribution in [3.63, 3.8) is 0 Å². The number of anilines is 3. The molecule has 15 heterocycles. The van der Waals surface area contributed by atoms with Gasteiger partial charge >= 0.3 is 0 Å². The third kappa shape index (κ3) is 13.5. The van der Waals surface area contributed by atoms with Gasteiger partial charge in [-0.1, -0.05) is 34.8 Å². The van der Waals surface area contributed by atoms with E-state index in [-0.39, 0.29) is 30.9 Å². The highest BCUT2D eigenvalue weighted by molar-refractivity contribution is 6.37. The van der Waals surface area contributed by atoms with Crippen LogP contribution in [0.25, 0.3) is 65.8 Å². The van der Waals surface area contributed by atoms with Gasteiger partial charge in [0, 0.05) is 71.5 Å². The zero-order chi connectivity index (χ0) is 77.7. The van der Waals surface area contributed by atoms with Gasteiger partial charge in [0.2, 0.25) is 0 Å². The fraction of sp³-hybridized carbons (Fsp3) is 0.360.